The zero-order valence-corrected chi connectivity index (χ0v) is 12.0. The minimum absolute atomic E-state index is 0.112. The summed E-state index contributed by atoms with van der Waals surface area (Å²) in [4.78, 5) is 16.2. The molecule has 0 spiro atoms. The van der Waals surface area contributed by atoms with Crippen LogP contribution in [0.15, 0.2) is 42.9 Å². The number of hydrogen-bond donors (Lipinski definition) is 2. The average Bonchev–Trinajstić information content (AvgIpc) is 3.01. The Kier molecular flexibility index (Phi) is 5.97. The number of aliphatic hydroxyl groups excluding tert-OH is 1. The molecule has 5 nitrogen and oxygen atoms in total. The van der Waals surface area contributed by atoms with Gasteiger partial charge in [-0.05, 0) is 25.0 Å². The first-order valence-electron chi connectivity index (χ1n) is 7.30. The summed E-state index contributed by atoms with van der Waals surface area (Å²) < 4.78 is 1.78. The number of carbonyl (C=O) groups excluding carboxylic acids is 1. The lowest BCUT2D eigenvalue weighted by atomic mass is 10.2. The van der Waals surface area contributed by atoms with Crippen LogP contribution >= 0.6 is 0 Å². The van der Waals surface area contributed by atoms with Crippen molar-refractivity contribution in [3.63, 3.8) is 0 Å². The van der Waals surface area contributed by atoms with Gasteiger partial charge in [0.25, 0.3) is 5.91 Å². The van der Waals surface area contributed by atoms with Crippen molar-refractivity contribution >= 4 is 5.91 Å². The molecule has 1 aromatic carbocycles. The highest BCUT2D eigenvalue weighted by Gasteiger charge is 2.12. The van der Waals surface area contributed by atoms with Gasteiger partial charge in [-0.3, -0.25) is 9.36 Å². The highest BCUT2D eigenvalue weighted by atomic mass is 16.2. The Labute approximate surface area is 124 Å². The predicted molar refractivity (Wildman–Crippen MR) is 81.5 cm³/mol. The molecule has 21 heavy (non-hydrogen) atoms. The molecule has 0 fully saturated rings. The average molecular weight is 287 g/mol. The molecule has 1 heterocycles. The molecule has 2 rings (SSSR count). The maximum atomic E-state index is 12.2. The van der Waals surface area contributed by atoms with Crippen LogP contribution < -0.4 is 5.32 Å². The van der Waals surface area contributed by atoms with E-state index in [1.165, 1.54) is 0 Å². The molecule has 0 radical (unpaired) electrons. The first-order valence-corrected chi connectivity index (χ1v) is 7.30. The number of imidazole rings is 1. The normalized spacial score (nSPS) is 10.5. The van der Waals surface area contributed by atoms with Crippen LogP contribution in [0.3, 0.4) is 0 Å². The molecule has 2 aromatic rings. The first-order chi connectivity index (χ1) is 10.3. The van der Waals surface area contributed by atoms with Crippen molar-refractivity contribution < 1.29 is 9.90 Å². The van der Waals surface area contributed by atoms with Crippen LogP contribution in [0.2, 0.25) is 0 Å². The molecule has 0 saturated carbocycles. The monoisotopic (exact) mass is 287 g/mol. The number of hydrogen-bond acceptors (Lipinski definition) is 3. The maximum absolute atomic E-state index is 12.2. The van der Waals surface area contributed by atoms with Crippen molar-refractivity contribution in [2.75, 3.05) is 13.2 Å². The van der Waals surface area contributed by atoms with Crippen LogP contribution in [-0.4, -0.2) is 33.7 Å². The summed E-state index contributed by atoms with van der Waals surface area (Å²) in [6.07, 6.45) is 6.98. The number of para-hydroxylation sites is 1. The summed E-state index contributed by atoms with van der Waals surface area (Å²) in [6, 6.07) is 9.67. The molecule has 1 amide bonds. The van der Waals surface area contributed by atoms with E-state index in [2.05, 4.69) is 10.3 Å². The number of unbranched alkanes of at least 4 members (excludes halogenated alkanes) is 3. The van der Waals surface area contributed by atoms with E-state index in [9.17, 15) is 4.79 Å². The van der Waals surface area contributed by atoms with Crippen molar-refractivity contribution in [2.24, 2.45) is 0 Å². The number of nitrogens with zero attached hydrogens (tertiary/aromatic N) is 2. The third-order valence-corrected chi connectivity index (χ3v) is 3.28. The zero-order valence-electron chi connectivity index (χ0n) is 12.0. The van der Waals surface area contributed by atoms with Gasteiger partial charge >= 0.3 is 0 Å². The van der Waals surface area contributed by atoms with E-state index < -0.39 is 0 Å². The number of nitrogens with one attached hydrogen (secondary N) is 1. The fourth-order valence-electron chi connectivity index (χ4n) is 2.14. The van der Waals surface area contributed by atoms with E-state index in [0.717, 1.165) is 31.4 Å². The van der Waals surface area contributed by atoms with E-state index in [-0.39, 0.29) is 12.5 Å². The number of rotatable bonds is 8. The number of carbonyl (C=O) groups is 1. The molecule has 0 bridgehead atoms. The molecular formula is C16H21N3O2. The number of benzene rings is 1. The summed E-state index contributed by atoms with van der Waals surface area (Å²) in [7, 11) is 0. The van der Waals surface area contributed by atoms with Gasteiger partial charge in [0.1, 0.15) is 5.69 Å². The number of aliphatic hydroxyl groups is 1. The fraction of sp³-hybridized carbons (Fsp3) is 0.375. The lowest BCUT2D eigenvalue weighted by molar-refractivity contribution is 0.0946. The van der Waals surface area contributed by atoms with Crippen molar-refractivity contribution in [2.45, 2.75) is 25.7 Å². The third-order valence-electron chi connectivity index (χ3n) is 3.28. The zero-order chi connectivity index (χ0) is 14.9. The van der Waals surface area contributed by atoms with Gasteiger partial charge in [-0.2, -0.15) is 0 Å². The summed E-state index contributed by atoms with van der Waals surface area (Å²) in [5, 5.41) is 11.6. The van der Waals surface area contributed by atoms with E-state index >= 15 is 0 Å². The minimum atomic E-state index is -0.112. The van der Waals surface area contributed by atoms with Crippen molar-refractivity contribution in [3.05, 3.63) is 48.5 Å². The van der Waals surface area contributed by atoms with E-state index in [1.54, 1.807) is 17.1 Å². The topological polar surface area (TPSA) is 67.2 Å². The molecule has 0 saturated heterocycles. The highest BCUT2D eigenvalue weighted by molar-refractivity contribution is 5.92. The molecule has 0 unspecified atom stereocenters. The first kappa shape index (κ1) is 15.3. The third kappa shape index (κ3) is 4.43. The summed E-state index contributed by atoms with van der Waals surface area (Å²) in [6.45, 7) is 0.882. The number of amides is 1. The van der Waals surface area contributed by atoms with Crippen LogP contribution in [-0.2, 0) is 0 Å². The Hall–Kier alpha value is -2.14. The lowest BCUT2D eigenvalue weighted by Crippen LogP contribution is -2.26. The van der Waals surface area contributed by atoms with Crippen LogP contribution in [0.4, 0.5) is 0 Å². The summed E-state index contributed by atoms with van der Waals surface area (Å²) in [5.74, 6) is -0.112. The van der Waals surface area contributed by atoms with Gasteiger partial charge in [0.15, 0.2) is 0 Å². The Balaban J connectivity index is 1.88. The van der Waals surface area contributed by atoms with Crippen LogP contribution in [0.1, 0.15) is 36.2 Å². The largest absolute Gasteiger partial charge is 0.396 e. The summed E-state index contributed by atoms with van der Waals surface area (Å²) >= 11 is 0. The molecular weight excluding hydrogens is 266 g/mol. The van der Waals surface area contributed by atoms with Gasteiger partial charge < -0.3 is 10.4 Å². The second kappa shape index (κ2) is 8.21. The van der Waals surface area contributed by atoms with E-state index in [4.69, 9.17) is 5.11 Å². The molecule has 5 heteroatoms. The smallest absolute Gasteiger partial charge is 0.269 e. The molecule has 0 aliphatic rings. The maximum Gasteiger partial charge on any atom is 0.269 e. The molecule has 0 aliphatic heterocycles. The standard InChI is InChI=1S/C16H21N3O2/c20-11-7-2-1-6-10-18-16(21)15-12-17-13-19(15)14-8-4-3-5-9-14/h3-5,8-9,12-13,20H,1-2,6-7,10-11H2,(H,18,21). The predicted octanol–water partition coefficient (Wildman–Crippen LogP) is 2.15. The minimum Gasteiger partial charge on any atom is -0.396 e. The Morgan fingerprint density at radius 3 is 2.67 bits per heavy atom. The molecule has 0 atom stereocenters. The molecule has 0 aliphatic carbocycles. The second-order valence-electron chi connectivity index (χ2n) is 4.88. The van der Waals surface area contributed by atoms with Gasteiger partial charge in [-0.25, -0.2) is 4.98 Å². The van der Waals surface area contributed by atoms with Crippen LogP contribution in [0, 0.1) is 0 Å². The van der Waals surface area contributed by atoms with Gasteiger partial charge in [0.2, 0.25) is 0 Å². The Bertz CT molecular complexity index is 552. The Morgan fingerprint density at radius 2 is 1.90 bits per heavy atom. The van der Waals surface area contributed by atoms with Crippen molar-refractivity contribution in [1.29, 1.82) is 0 Å². The quantitative estimate of drug-likeness (QED) is 0.731. The van der Waals surface area contributed by atoms with Crippen molar-refractivity contribution in [3.8, 4) is 5.69 Å². The van der Waals surface area contributed by atoms with Gasteiger partial charge in [-0.1, -0.05) is 31.0 Å². The SMILES string of the molecule is O=C(NCCCCCCO)c1cncn1-c1ccccc1. The number of aromatic nitrogens is 2. The van der Waals surface area contributed by atoms with Crippen LogP contribution in [0.25, 0.3) is 5.69 Å². The lowest BCUT2D eigenvalue weighted by Gasteiger charge is -2.08. The van der Waals surface area contributed by atoms with Crippen molar-refractivity contribution in [1.82, 2.24) is 14.9 Å². The van der Waals surface area contributed by atoms with Gasteiger partial charge in [0, 0.05) is 18.8 Å². The van der Waals surface area contributed by atoms with Crippen LogP contribution in [0.5, 0.6) is 0 Å². The molecule has 112 valence electrons. The highest BCUT2D eigenvalue weighted by Crippen LogP contribution is 2.10. The van der Waals surface area contributed by atoms with E-state index in [0.29, 0.717) is 12.2 Å². The van der Waals surface area contributed by atoms with E-state index in [1.807, 2.05) is 30.3 Å². The molecule has 1 aromatic heterocycles. The molecule has 2 N–H and O–H groups in total. The second-order valence-corrected chi connectivity index (χ2v) is 4.88. The van der Waals surface area contributed by atoms with Gasteiger partial charge in [-0.15, -0.1) is 0 Å². The fourth-order valence-corrected chi connectivity index (χ4v) is 2.14. The van der Waals surface area contributed by atoms with Gasteiger partial charge in [0.05, 0.1) is 12.5 Å². The Morgan fingerprint density at radius 1 is 1.14 bits per heavy atom. The summed E-state index contributed by atoms with van der Waals surface area (Å²) in [5.41, 5.74) is 1.46.